The second-order valence-electron chi connectivity index (χ2n) is 10.8. The van der Waals surface area contributed by atoms with E-state index in [9.17, 15) is 14.4 Å². The second kappa shape index (κ2) is 10.1. The van der Waals surface area contributed by atoms with Crippen LogP contribution in [0, 0.1) is 11.8 Å². The molecule has 0 spiro atoms. The number of benzene rings is 4. The summed E-state index contributed by atoms with van der Waals surface area (Å²) in [6.45, 7) is 0. The van der Waals surface area contributed by atoms with Gasteiger partial charge in [0.05, 0.1) is 36.5 Å². The van der Waals surface area contributed by atoms with Crippen molar-refractivity contribution in [2.75, 3.05) is 12.0 Å². The number of methoxy groups -OCH3 is 1. The summed E-state index contributed by atoms with van der Waals surface area (Å²) in [6, 6.07) is 30.4. The number of halogens is 1. The average Bonchev–Trinajstić information content (AvgIpc) is 3.28. The van der Waals surface area contributed by atoms with Gasteiger partial charge in [0.25, 0.3) is 0 Å². The Kier molecular flexibility index (Phi) is 6.31. The first-order valence-corrected chi connectivity index (χ1v) is 14.5. The molecule has 8 heteroatoms. The van der Waals surface area contributed by atoms with E-state index in [4.69, 9.17) is 4.74 Å². The predicted molar refractivity (Wildman–Crippen MR) is 162 cm³/mol. The number of nitrogens with one attached hydrogen (secondary N) is 1. The second-order valence-corrected chi connectivity index (χ2v) is 11.7. The number of anilines is 1. The largest absolute Gasteiger partial charge is 0.497 e. The minimum Gasteiger partial charge on any atom is -0.497 e. The van der Waals surface area contributed by atoms with Crippen LogP contribution in [0.2, 0.25) is 0 Å². The Balaban J connectivity index is 1.32. The number of hydrazone groups is 1. The van der Waals surface area contributed by atoms with E-state index >= 15 is 0 Å². The summed E-state index contributed by atoms with van der Waals surface area (Å²) in [7, 11) is 1.59. The number of amides is 3. The summed E-state index contributed by atoms with van der Waals surface area (Å²) < 4.78 is 6.06. The molecule has 1 N–H and O–H groups in total. The lowest BCUT2D eigenvalue weighted by atomic mass is 9.47. The molecule has 7 nitrogen and oxygen atoms in total. The minimum absolute atomic E-state index is 0.129. The molecule has 0 unspecified atom stereocenters. The summed E-state index contributed by atoms with van der Waals surface area (Å²) in [6.07, 6.45) is 1.81. The van der Waals surface area contributed by atoms with E-state index in [1.165, 1.54) is 4.90 Å². The molecule has 208 valence electrons. The maximum Gasteiger partial charge on any atom is 0.244 e. The molecular weight excluding hydrogens is 594 g/mol. The Labute approximate surface area is 251 Å². The van der Waals surface area contributed by atoms with E-state index in [1.54, 1.807) is 37.6 Å². The van der Waals surface area contributed by atoms with E-state index < -0.39 is 17.3 Å². The molecule has 1 heterocycles. The van der Waals surface area contributed by atoms with E-state index in [-0.39, 0.29) is 30.1 Å². The van der Waals surface area contributed by atoms with Gasteiger partial charge in [0.1, 0.15) is 5.75 Å². The van der Waals surface area contributed by atoms with Gasteiger partial charge in [-0.2, -0.15) is 5.10 Å². The summed E-state index contributed by atoms with van der Waals surface area (Å²) >= 11 is 3.44. The van der Waals surface area contributed by atoms with Crippen LogP contribution in [0.1, 0.15) is 33.7 Å². The molecule has 1 fully saturated rings. The average molecular weight is 621 g/mol. The summed E-state index contributed by atoms with van der Waals surface area (Å²) in [5, 5.41) is 4.48. The zero-order valence-corrected chi connectivity index (χ0v) is 24.2. The third kappa shape index (κ3) is 3.85. The lowest BCUT2D eigenvalue weighted by Crippen LogP contribution is -2.54. The standard InChI is InChI=1S/C34H26BrN3O4/c1-42-23-16-10-20(11-17-23)18-28(39)37-36-19-34-26-8-4-2-6-24(26)29(25-7-3-5-9-27(25)34)30-31(34)33(41)38(32(30)40)22-14-12-21(35)13-15-22/h2-17,19,29-31H,18H2,1H3,(H,37,39)/b36-19-/t29?,30-,31-,34?/m0/s1. The highest BCUT2D eigenvalue weighted by Gasteiger charge is 2.68. The number of carbonyl (C=O) groups is 3. The SMILES string of the molecule is COc1ccc(CC(=O)N/N=C\C23c4ccccc4C(c4ccccc42)[C@@H]2C(=O)N(c4ccc(Br)cc4)C(=O)[C@H]23)cc1. The van der Waals surface area contributed by atoms with E-state index in [0.29, 0.717) is 11.4 Å². The van der Waals surface area contributed by atoms with Crippen molar-refractivity contribution >= 4 is 45.6 Å². The molecule has 1 saturated heterocycles. The Bertz CT molecular complexity index is 1720. The molecule has 2 bridgehead atoms. The number of imide groups is 1. The monoisotopic (exact) mass is 619 g/mol. The Morgan fingerprint density at radius 1 is 0.905 bits per heavy atom. The molecule has 3 aliphatic carbocycles. The van der Waals surface area contributed by atoms with Gasteiger partial charge in [-0.15, -0.1) is 0 Å². The van der Waals surface area contributed by atoms with Crippen LogP contribution in [0.25, 0.3) is 0 Å². The van der Waals surface area contributed by atoms with Crippen LogP contribution < -0.4 is 15.1 Å². The van der Waals surface area contributed by atoms with Crippen molar-refractivity contribution in [1.29, 1.82) is 0 Å². The van der Waals surface area contributed by atoms with Crippen molar-refractivity contribution in [3.63, 3.8) is 0 Å². The number of hydrogen-bond acceptors (Lipinski definition) is 5. The fraction of sp³-hybridized carbons (Fsp3) is 0.176. The van der Waals surface area contributed by atoms with Crippen LogP contribution in [0.3, 0.4) is 0 Å². The topological polar surface area (TPSA) is 88.1 Å². The number of carbonyl (C=O) groups excluding carboxylic acids is 3. The highest BCUT2D eigenvalue weighted by Crippen LogP contribution is 2.63. The molecule has 0 saturated carbocycles. The summed E-state index contributed by atoms with van der Waals surface area (Å²) in [5.74, 6) is -1.65. The number of ether oxygens (including phenoxy) is 1. The third-order valence-electron chi connectivity index (χ3n) is 8.75. The summed E-state index contributed by atoms with van der Waals surface area (Å²) in [4.78, 5) is 42.8. The van der Waals surface area contributed by atoms with Gasteiger partial charge in [0, 0.05) is 16.6 Å². The minimum atomic E-state index is -1.04. The molecule has 1 aliphatic heterocycles. The first-order valence-electron chi connectivity index (χ1n) is 13.7. The van der Waals surface area contributed by atoms with Crippen molar-refractivity contribution in [2.24, 2.45) is 16.9 Å². The van der Waals surface area contributed by atoms with Gasteiger partial charge in [0.15, 0.2) is 0 Å². The fourth-order valence-electron chi connectivity index (χ4n) is 7.07. The van der Waals surface area contributed by atoms with Crippen LogP contribution in [0.5, 0.6) is 5.75 Å². The fourth-order valence-corrected chi connectivity index (χ4v) is 7.33. The molecular formula is C34H26BrN3O4. The molecule has 0 aromatic heterocycles. The van der Waals surface area contributed by atoms with E-state index in [1.807, 2.05) is 72.8 Å². The maximum absolute atomic E-state index is 14.4. The molecule has 4 aromatic rings. The quantitative estimate of drug-likeness (QED) is 0.179. The highest BCUT2D eigenvalue weighted by atomic mass is 79.9. The van der Waals surface area contributed by atoms with Crippen molar-refractivity contribution < 1.29 is 19.1 Å². The Morgan fingerprint density at radius 3 is 2.14 bits per heavy atom. The van der Waals surface area contributed by atoms with Crippen LogP contribution >= 0.6 is 15.9 Å². The van der Waals surface area contributed by atoms with E-state index in [0.717, 1.165) is 32.3 Å². The third-order valence-corrected chi connectivity index (χ3v) is 9.28. The van der Waals surface area contributed by atoms with Crippen LogP contribution in [0.15, 0.2) is 107 Å². The molecule has 42 heavy (non-hydrogen) atoms. The van der Waals surface area contributed by atoms with Gasteiger partial charge in [-0.05, 0) is 64.2 Å². The van der Waals surface area contributed by atoms with Gasteiger partial charge in [-0.3, -0.25) is 14.4 Å². The number of nitrogens with zero attached hydrogens (tertiary/aromatic N) is 2. The number of hydrogen-bond donors (Lipinski definition) is 1. The highest BCUT2D eigenvalue weighted by molar-refractivity contribution is 9.10. The lowest BCUT2D eigenvalue weighted by molar-refractivity contribution is -0.123. The molecule has 4 aliphatic rings. The van der Waals surface area contributed by atoms with Gasteiger partial charge in [-0.25, -0.2) is 10.3 Å². The first-order chi connectivity index (χ1) is 20.4. The zero-order chi connectivity index (χ0) is 29.0. The molecule has 3 amide bonds. The van der Waals surface area contributed by atoms with Crippen LogP contribution in [-0.4, -0.2) is 31.0 Å². The van der Waals surface area contributed by atoms with Crippen molar-refractivity contribution in [3.8, 4) is 5.75 Å². The van der Waals surface area contributed by atoms with Crippen LogP contribution in [-0.2, 0) is 26.2 Å². The maximum atomic E-state index is 14.4. The van der Waals surface area contributed by atoms with Gasteiger partial charge < -0.3 is 4.74 Å². The normalized spacial score (nSPS) is 23.5. The Morgan fingerprint density at radius 2 is 1.52 bits per heavy atom. The van der Waals surface area contributed by atoms with E-state index in [2.05, 4.69) is 26.5 Å². The molecule has 0 radical (unpaired) electrons. The predicted octanol–water partition coefficient (Wildman–Crippen LogP) is 5.35. The van der Waals surface area contributed by atoms with Gasteiger partial charge in [0.2, 0.25) is 17.7 Å². The van der Waals surface area contributed by atoms with Crippen molar-refractivity contribution in [1.82, 2.24) is 5.43 Å². The van der Waals surface area contributed by atoms with Crippen molar-refractivity contribution in [2.45, 2.75) is 17.8 Å². The molecule has 8 rings (SSSR count). The Hall–Kier alpha value is -4.56. The molecule has 4 aromatic carbocycles. The van der Waals surface area contributed by atoms with Crippen molar-refractivity contribution in [3.05, 3.63) is 129 Å². The molecule has 2 atom stereocenters. The first kappa shape index (κ1) is 26.3. The number of rotatable bonds is 6. The lowest BCUT2D eigenvalue weighted by Gasteiger charge is -2.52. The smallest absolute Gasteiger partial charge is 0.244 e. The van der Waals surface area contributed by atoms with Gasteiger partial charge in [-0.1, -0.05) is 76.6 Å². The summed E-state index contributed by atoms with van der Waals surface area (Å²) in [5.41, 5.74) is 6.87. The van der Waals surface area contributed by atoms with Gasteiger partial charge >= 0.3 is 0 Å². The zero-order valence-electron chi connectivity index (χ0n) is 22.7. The van der Waals surface area contributed by atoms with Crippen LogP contribution in [0.4, 0.5) is 5.69 Å².